The molecule has 0 bridgehead atoms. The third kappa shape index (κ3) is 4.58. The van der Waals surface area contributed by atoms with Gasteiger partial charge in [0.05, 0.1) is 23.6 Å². The van der Waals surface area contributed by atoms with Crippen LogP contribution in [0.3, 0.4) is 0 Å². The van der Waals surface area contributed by atoms with Crippen LogP contribution in [0.15, 0.2) is 49.1 Å². The topological polar surface area (TPSA) is 72.7 Å². The van der Waals surface area contributed by atoms with E-state index < -0.39 is 11.7 Å². The van der Waals surface area contributed by atoms with E-state index in [0.717, 1.165) is 28.0 Å². The Labute approximate surface area is 179 Å². The van der Waals surface area contributed by atoms with E-state index in [1.54, 1.807) is 24.8 Å². The van der Waals surface area contributed by atoms with Gasteiger partial charge in [-0.25, -0.2) is 9.97 Å². The number of aromatic nitrogens is 4. The first-order valence-corrected chi connectivity index (χ1v) is 10.2. The van der Waals surface area contributed by atoms with Crippen molar-refractivity contribution in [2.24, 2.45) is 7.05 Å². The molecular weight excluding hydrogens is 427 g/mol. The largest absolute Gasteiger partial charge is 0.416 e. The summed E-state index contributed by atoms with van der Waals surface area (Å²) >= 11 is 1.36. The summed E-state index contributed by atoms with van der Waals surface area (Å²) in [5.74, 6) is -0.168. The van der Waals surface area contributed by atoms with Crippen molar-refractivity contribution in [1.29, 1.82) is 0 Å². The summed E-state index contributed by atoms with van der Waals surface area (Å²) in [7, 11) is 1.86. The lowest BCUT2D eigenvalue weighted by Gasteiger charge is -2.08. The lowest BCUT2D eigenvalue weighted by Crippen LogP contribution is -2.06. The number of aryl methyl sites for hydroxylation is 1. The molecule has 0 aliphatic rings. The number of benzene rings is 1. The quantitative estimate of drug-likeness (QED) is 0.393. The molecule has 3 heterocycles. The van der Waals surface area contributed by atoms with Gasteiger partial charge in [-0.3, -0.25) is 9.78 Å². The van der Waals surface area contributed by atoms with Crippen molar-refractivity contribution in [2.45, 2.75) is 25.4 Å². The molecule has 0 unspecified atom stereocenters. The van der Waals surface area contributed by atoms with E-state index in [9.17, 15) is 18.0 Å². The average molecular weight is 445 g/mol. The second-order valence-corrected chi connectivity index (χ2v) is 8.27. The number of imidazole rings is 1. The second-order valence-electron chi connectivity index (χ2n) is 7.21. The van der Waals surface area contributed by atoms with Gasteiger partial charge in [-0.1, -0.05) is 6.92 Å². The van der Waals surface area contributed by atoms with Crippen LogP contribution in [0.4, 0.5) is 24.0 Å². The van der Waals surface area contributed by atoms with Gasteiger partial charge in [0, 0.05) is 30.2 Å². The number of fused-ring (bicyclic) bond motifs is 1. The van der Waals surface area contributed by atoms with Gasteiger partial charge in [0.1, 0.15) is 11.2 Å². The Balaban J connectivity index is 1.42. The van der Waals surface area contributed by atoms with E-state index in [1.165, 1.54) is 23.5 Å². The first kappa shape index (κ1) is 21.0. The summed E-state index contributed by atoms with van der Waals surface area (Å²) in [6.07, 6.45) is 0.827. The fourth-order valence-electron chi connectivity index (χ4n) is 3.10. The molecule has 10 heteroatoms. The van der Waals surface area contributed by atoms with E-state index in [1.807, 2.05) is 18.5 Å². The summed E-state index contributed by atoms with van der Waals surface area (Å²) in [6, 6.07) is 6.49. The normalized spacial score (nSPS) is 12.8. The molecule has 0 saturated carbocycles. The highest BCUT2D eigenvalue weighted by Gasteiger charge is 2.30. The van der Waals surface area contributed by atoms with Crippen molar-refractivity contribution < 1.29 is 18.0 Å². The molecule has 31 heavy (non-hydrogen) atoms. The Morgan fingerprint density at radius 1 is 1.16 bits per heavy atom. The zero-order valence-corrected chi connectivity index (χ0v) is 17.5. The number of ketones is 1. The van der Waals surface area contributed by atoms with E-state index in [2.05, 4.69) is 20.3 Å². The van der Waals surface area contributed by atoms with E-state index in [-0.39, 0.29) is 18.1 Å². The molecule has 0 fully saturated rings. The van der Waals surface area contributed by atoms with Crippen LogP contribution in [-0.4, -0.2) is 25.3 Å². The molecule has 4 rings (SSSR count). The standard InChI is InChI=1S/C21H18F3N5OS/c1-12(7-18(30)15-8-17-16(9-25-15)27-11-29(17)2)19-10-26-20(31-19)28-14-5-3-13(4-6-14)21(22,23)24/h3-6,8-12H,7H2,1-2H3,(H,26,28)/t12-/m1/s1. The Bertz CT molecular complexity index is 1230. The molecule has 160 valence electrons. The third-order valence-electron chi connectivity index (χ3n) is 4.86. The maximum Gasteiger partial charge on any atom is 0.416 e. The Morgan fingerprint density at radius 2 is 1.90 bits per heavy atom. The Morgan fingerprint density at radius 3 is 2.61 bits per heavy atom. The number of anilines is 2. The van der Waals surface area contributed by atoms with Crippen molar-refractivity contribution in [2.75, 3.05) is 5.32 Å². The number of rotatable bonds is 6. The minimum Gasteiger partial charge on any atom is -0.334 e. The summed E-state index contributed by atoms with van der Waals surface area (Å²) in [4.78, 5) is 26.3. The molecule has 1 atom stereocenters. The number of nitrogens with zero attached hydrogens (tertiary/aromatic N) is 4. The molecule has 3 aromatic heterocycles. The molecule has 1 aromatic carbocycles. The Kier molecular flexibility index (Phi) is 5.48. The summed E-state index contributed by atoms with van der Waals surface area (Å²) in [5.41, 5.74) is 1.75. The fourth-order valence-corrected chi connectivity index (χ4v) is 3.99. The number of nitrogens with one attached hydrogen (secondary N) is 1. The predicted molar refractivity (Wildman–Crippen MR) is 113 cm³/mol. The molecule has 0 spiro atoms. The monoisotopic (exact) mass is 445 g/mol. The number of halogens is 3. The predicted octanol–water partition coefficient (Wildman–Crippen LogP) is 5.56. The van der Waals surface area contributed by atoms with Crippen LogP contribution in [0.25, 0.3) is 11.0 Å². The molecule has 0 saturated heterocycles. The minimum absolute atomic E-state index is 0.0822. The highest BCUT2D eigenvalue weighted by Crippen LogP contribution is 2.33. The van der Waals surface area contributed by atoms with E-state index >= 15 is 0 Å². The van der Waals surface area contributed by atoms with Gasteiger partial charge in [0.15, 0.2) is 10.9 Å². The highest BCUT2D eigenvalue weighted by molar-refractivity contribution is 7.15. The number of hydrogen-bond donors (Lipinski definition) is 1. The molecular formula is C21H18F3N5OS. The highest BCUT2D eigenvalue weighted by atomic mass is 32.1. The number of carbonyl (C=O) groups excluding carboxylic acids is 1. The van der Waals surface area contributed by atoms with Crippen LogP contribution < -0.4 is 5.32 Å². The molecule has 0 amide bonds. The van der Waals surface area contributed by atoms with Crippen molar-refractivity contribution in [3.8, 4) is 0 Å². The molecule has 0 aliphatic heterocycles. The lowest BCUT2D eigenvalue weighted by molar-refractivity contribution is -0.137. The van der Waals surface area contributed by atoms with Crippen LogP contribution in [0, 0.1) is 0 Å². The van der Waals surface area contributed by atoms with Gasteiger partial charge >= 0.3 is 6.18 Å². The van der Waals surface area contributed by atoms with Gasteiger partial charge in [-0.2, -0.15) is 13.2 Å². The average Bonchev–Trinajstić information content (AvgIpc) is 3.34. The van der Waals surface area contributed by atoms with Crippen LogP contribution in [0.5, 0.6) is 0 Å². The minimum atomic E-state index is -4.37. The van der Waals surface area contributed by atoms with Gasteiger partial charge in [-0.15, -0.1) is 11.3 Å². The van der Waals surface area contributed by atoms with Crippen molar-refractivity contribution in [3.63, 3.8) is 0 Å². The first-order chi connectivity index (χ1) is 14.7. The van der Waals surface area contributed by atoms with Crippen LogP contribution in [0.1, 0.15) is 40.2 Å². The molecule has 6 nitrogen and oxygen atoms in total. The number of hydrogen-bond acceptors (Lipinski definition) is 6. The lowest BCUT2D eigenvalue weighted by atomic mass is 10.0. The number of pyridine rings is 1. The number of thiazole rings is 1. The van der Waals surface area contributed by atoms with Gasteiger partial charge in [0.2, 0.25) is 0 Å². The number of carbonyl (C=O) groups is 1. The fraction of sp³-hybridized carbons (Fsp3) is 0.238. The van der Waals surface area contributed by atoms with Crippen LogP contribution in [0.2, 0.25) is 0 Å². The van der Waals surface area contributed by atoms with E-state index in [0.29, 0.717) is 16.5 Å². The second kappa shape index (κ2) is 8.10. The van der Waals surface area contributed by atoms with E-state index in [4.69, 9.17) is 0 Å². The van der Waals surface area contributed by atoms with Gasteiger partial charge < -0.3 is 9.88 Å². The smallest absolute Gasteiger partial charge is 0.334 e. The maximum absolute atomic E-state index is 12.7. The molecule has 0 radical (unpaired) electrons. The zero-order chi connectivity index (χ0) is 22.2. The third-order valence-corrected chi connectivity index (χ3v) is 6.01. The molecule has 0 aliphatic carbocycles. The van der Waals surface area contributed by atoms with Crippen molar-refractivity contribution in [1.82, 2.24) is 19.5 Å². The summed E-state index contributed by atoms with van der Waals surface area (Å²) < 4.78 is 39.9. The van der Waals surface area contributed by atoms with Gasteiger partial charge in [0.25, 0.3) is 0 Å². The van der Waals surface area contributed by atoms with Crippen molar-refractivity contribution in [3.05, 3.63) is 65.2 Å². The van der Waals surface area contributed by atoms with Crippen LogP contribution in [-0.2, 0) is 13.2 Å². The zero-order valence-electron chi connectivity index (χ0n) is 16.6. The van der Waals surface area contributed by atoms with Crippen molar-refractivity contribution >= 4 is 39.0 Å². The number of alkyl halides is 3. The molecule has 4 aromatic rings. The summed E-state index contributed by atoms with van der Waals surface area (Å²) in [6.45, 7) is 1.93. The maximum atomic E-state index is 12.7. The summed E-state index contributed by atoms with van der Waals surface area (Å²) in [5, 5.41) is 3.54. The SMILES string of the molecule is C[C@H](CC(=O)c1cc2c(cn1)ncn2C)c1cnc(Nc2ccc(C(F)(F)F)cc2)s1. The molecule has 1 N–H and O–H groups in total. The Hall–Kier alpha value is -3.27. The first-order valence-electron chi connectivity index (χ1n) is 9.41. The van der Waals surface area contributed by atoms with Crippen LogP contribution >= 0.6 is 11.3 Å². The van der Waals surface area contributed by atoms with Gasteiger partial charge in [-0.05, 0) is 36.2 Å². The number of Topliss-reactive ketones (excluding diaryl/α,β-unsaturated/α-hetero) is 1.